The third kappa shape index (κ3) is 6.97. The van der Waals surface area contributed by atoms with Crippen LogP contribution in [0.3, 0.4) is 0 Å². The Bertz CT molecular complexity index is 1300. The van der Waals surface area contributed by atoms with Crippen molar-refractivity contribution in [3.63, 3.8) is 0 Å². The number of nitrogens with one attached hydrogen (secondary N) is 1. The highest BCUT2D eigenvalue weighted by Crippen LogP contribution is 2.42. The molecule has 3 aromatic rings. The third-order valence-corrected chi connectivity index (χ3v) is 7.03. The molecule has 0 spiro atoms. The molecule has 2 heterocycles. The van der Waals surface area contributed by atoms with Crippen LogP contribution in [0.25, 0.3) is 0 Å². The zero-order valence-corrected chi connectivity index (χ0v) is 24.2. The number of pyridine rings is 1. The number of halogens is 1. The minimum Gasteiger partial charge on any atom is -0.487 e. The molecule has 0 amide bonds. The Hall–Kier alpha value is -3.42. The summed E-state index contributed by atoms with van der Waals surface area (Å²) in [5.41, 5.74) is -0.179. The molecule has 4 rings (SSSR count). The van der Waals surface area contributed by atoms with Gasteiger partial charge in [-0.3, -0.25) is 4.79 Å². The SMILES string of the molecule is Cc1cccc(O[C@H]2CC[C@](Cc3cccc(Nc4ccnn4C(C)(C)C)n3)(C(=O)OC(C)(C)C)CC2)c1F. The first kappa shape index (κ1) is 28.6. The first-order valence-electron chi connectivity index (χ1n) is 13.7. The van der Waals surface area contributed by atoms with E-state index in [0.717, 1.165) is 11.5 Å². The fourth-order valence-corrected chi connectivity index (χ4v) is 5.05. The van der Waals surface area contributed by atoms with E-state index in [1.165, 1.54) is 0 Å². The summed E-state index contributed by atoms with van der Waals surface area (Å²) in [4.78, 5) is 18.5. The Morgan fingerprint density at radius 1 is 1.08 bits per heavy atom. The highest BCUT2D eigenvalue weighted by atomic mass is 19.1. The average molecular weight is 537 g/mol. The van der Waals surface area contributed by atoms with Crippen LogP contribution in [0.5, 0.6) is 5.75 Å². The lowest BCUT2D eigenvalue weighted by Gasteiger charge is -2.39. The number of aromatic nitrogens is 3. The highest BCUT2D eigenvalue weighted by Gasteiger charge is 2.45. The van der Waals surface area contributed by atoms with E-state index in [1.807, 2.05) is 49.7 Å². The maximum Gasteiger partial charge on any atom is 0.312 e. The van der Waals surface area contributed by atoms with Crippen LogP contribution in [-0.4, -0.2) is 32.4 Å². The standard InChI is InChI=1S/C31H41FN4O3/c1-21-10-8-12-24(27(21)32)38-23-14-17-31(18-15-23,28(37)39-30(5,6)7)20-22-11-9-13-25(34-22)35-26-16-19-33-36(26)29(2,3)4/h8-13,16,19,23H,14-15,17-18,20H2,1-7H3,(H,34,35)/t23-,31-. The number of benzene rings is 1. The molecule has 0 aliphatic heterocycles. The Labute approximate surface area is 231 Å². The number of ether oxygens (including phenoxy) is 2. The molecule has 0 unspecified atom stereocenters. The van der Waals surface area contributed by atoms with Gasteiger partial charge in [0, 0.05) is 18.2 Å². The van der Waals surface area contributed by atoms with Crippen molar-refractivity contribution in [3.8, 4) is 5.75 Å². The second-order valence-corrected chi connectivity index (χ2v) is 12.6. The van der Waals surface area contributed by atoms with Crippen molar-refractivity contribution >= 4 is 17.6 Å². The number of esters is 1. The molecule has 7 nitrogen and oxygen atoms in total. The van der Waals surface area contributed by atoms with Gasteiger partial charge in [-0.25, -0.2) is 14.1 Å². The summed E-state index contributed by atoms with van der Waals surface area (Å²) in [6, 6.07) is 12.9. The molecule has 0 bridgehead atoms. The minimum atomic E-state index is -0.739. The Morgan fingerprint density at radius 2 is 1.77 bits per heavy atom. The summed E-state index contributed by atoms with van der Waals surface area (Å²) in [6.45, 7) is 13.6. The van der Waals surface area contributed by atoms with Crippen molar-refractivity contribution in [2.45, 2.75) is 97.8 Å². The van der Waals surface area contributed by atoms with Gasteiger partial charge in [0.25, 0.3) is 0 Å². The van der Waals surface area contributed by atoms with E-state index < -0.39 is 11.0 Å². The lowest BCUT2D eigenvalue weighted by atomic mass is 9.70. The molecule has 1 aromatic carbocycles. The molecular weight excluding hydrogens is 495 g/mol. The summed E-state index contributed by atoms with van der Waals surface area (Å²) in [7, 11) is 0. The van der Waals surface area contributed by atoms with Crippen LogP contribution in [0.2, 0.25) is 0 Å². The molecule has 210 valence electrons. The summed E-state index contributed by atoms with van der Waals surface area (Å²) in [6.07, 6.45) is 4.41. The van der Waals surface area contributed by atoms with Crippen LogP contribution in [0.15, 0.2) is 48.7 Å². The van der Waals surface area contributed by atoms with E-state index in [1.54, 1.807) is 31.3 Å². The summed E-state index contributed by atoms with van der Waals surface area (Å²) < 4.78 is 28.4. The maximum absolute atomic E-state index is 14.6. The van der Waals surface area contributed by atoms with Gasteiger partial charge in [0.2, 0.25) is 0 Å². The van der Waals surface area contributed by atoms with Gasteiger partial charge in [0.1, 0.15) is 17.2 Å². The fourth-order valence-electron chi connectivity index (χ4n) is 5.05. The normalized spacial score (nSPS) is 19.9. The zero-order valence-electron chi connectivity index (χ0n) is 24.2. The van der Waals surface area contributed by atoms with Crippen LogP contribution >= 0.6 is 0 Å². The lowest BCUT2D eigenvalue weighted by molar-refractivity contribution is -0.171. The maximum atomic E-state index is 14.6. The molecule has 1 saturated carbocycles. The molecule has 0 saturated heterocycles. The van der Waals surface area contributed by atoms with Crippen LogP contribution < -0.4 is 10.1 Å². The summed E-state index contributed by atoms with van der Waals surface area (Å²) in [5, 5.41) is 7.82. The second kappa shape index (κ2) is 11.0. The second-order valence-electron chi connectivity index (χ2n) is 12.6. The molecule has 0 atom stereocenters. The van der Waals surface area contributed by atoms with Gasteiger partial charge in [-0.1, -0.05) is 18.2 Å². The van der Waals surface area contributed by atoms with Crippen molar-refractivity contribution in [3.05, 3.63) is 65.7 Å². The van der Waals surface area contributed by atoms with Crippen LogP contribution in [0, 0.1) is 18.2 Å². The molecule has 1 aliphatic carbocycles. The van der Waals surface area contributed by atoms with Gasteiger partial charge < -0.3 is 14.8 Å². The highest BCUT2D eigenvalue weighted by molar-refractivity contribution is 5.78. The van der Waals surface area contributed by atoms with Crippen molar-refractivity contribution in [2.24, 2.45) is 5.41 Å². The van der Waals surface area contributed by atoms with Gasteiger partial charge >= 0.3 is 5.97 Å². The number of hydrogen-bond acceptors (Lipinski definition) is 6. The zero-order chi connectivity index (χ0) is 28.4. The Kier molecular flexibility index (Phi) is 8.05. The lowest BCUT2D eigenvalue weighted by Crippen LogP contribution is -2.44. The molecule has 39 heavy (non-hydrogen) atoms. The smallest absolute Gasteiger partial charge is 0.312 e. The predicted molar refractivity (Wildman–Crippen MR) is 151 cm³/mol. The number of carbonyl (C=O) groups is 1. The Morgan fingerprint density at radius 3 is 2.44 bits per heavy atom. The van der Waals surface area contributed by atoms with Gasteiger partial charge in [-0.2, -0.15) is 5.10 Å². The van der Waals surface area contributed by atoms with Crippen LogP contribution in [0.1, 0.15) is 78.5 Å². The number of aryl methyl sites for hydroxylation is 1. The van der Waals surface area contributed by atoms with E-state index in [2.05, 4.69) is 31.2 Å². The van der Waals surface area contributed by atoms with E-state index in [9.17, 15) is 9.18 Å². The predicted octanol–water partition coefficient (Wildman–Crippen LogP) is 7.12. The van der Waals surface area contributed by atoms with Gasteiger partial charge in [-0.05, 0) is 97.9 Å². The summed E-state index contributed by atoms with van der Waals surface area (Å²) >= 11 is 0. The van der Waals surface area contributed by atoms with Gasteiger partial charge in [0.05, 0.1) is 23.3 Å². The molecule has 1 fully saturated rings. The van der Waals surface area contributed by atoms with E-state index in [0.29, 0.717) is 43.5 Å². The van der Waals surface area contributed by atoms with E-state index >= 15 is 0 Å². The van der Waals surface area contributed by atoms with E-state index in [-0.39, 0.29) is 29.2 Å². The molecule has 1 aliphatic rings. The molecular formula is C31H41FN4O3. The third-order valence-electron chi connectivity index (χ3n) is 7.03. The fraction of sp³-hybridized carbons (Fsp3) is 0.516. The van der Waals surface area contributed by atoms with Crippen molar-refractivity contribution in [1.29, 1.82) is 0 Å². The molecule has 8 heteroatoms. The largest absolute Gasteiger partial charge is 0.487 e. The summed E-state index contributed by atoms with van der Waals surface area (Å²) in [5.74, 6) is 1.24. The van der Waals surface area contributed by atoms with E-state index in [4.69, 9.17) is 14.5 Å². The monoisotopic (exact) mass is 536 g/mol. The molecule has 0 radical (unpaired) electrons. The minimum absolute atomic E-state index is 0.171. The van der Waals surface area contributed by atoms with Gasteiger partial charge in [-0.15, -0.1) is 0 Å². The van der Waals surface area contributed by atoms with Crippen LogP contribution in [-0.2, 0) is 21.5 Å². The number of anilines is 2. The average Bonchev–Trinajstić information content (AvgIpc) is 3.31. The first-order valence-corrected chi connectivity index (χ1v) is 13.7. The van der Waals surface area contributed by atoms with Crippen LogP contribution in [0.4, 0.5) is 16.0 Å². The first-order chi connectivity index (χ1) is 18.3. The number of rotatable bonds is 7. The number of carbonyl (C=O) groups excluding carboxylic acids is 1. The number of hydrogen-bond donors (Lipinski definition) is 1. The Balaban J connectivity index is 1.53. The number of nitrogens with zero attached hydrogens (tertiary/aromatic N) is 3. The van der Waals surface area contributed by atoms with Crippen molar-refractivity contribution in [2.75, 3.05) is 5.32 Å². The molecule has 1 N–H and O–H groups in total. The molecule has 2 aromatic heterocycles. The van der Waals surface area contributed by atoms with Crippen molar-refractivity contribution in [1.82, 2.24) is 14.8 Å². The topological polar surface area (TPSA) is 78.3 Å². The van der Waals surface area contributed by atoms with Crippen molar-refractivity contribution < 1.29 is 18.7 Å². The van der Waals surface area contributed by atoms with Gasteiger partial charge in [0.15, 0.2) is 11.6 Å². The quantitative estimate of drug-likeness (QED) is 0.324.